The van der Waals surface area contributed by atoms with Crippen molar-refractivity contribution in [3.8, 4) is 0 Å². The number of carbonyl (C=O) groups excluding carboxylic acids is 1. The average molecular weight is 476 g/mol. The van der Waals surface area contributed by atoms with Gasteiger partial charge in [-0.1, -0.05) is 42.5 Å². The summed E-state index contributed by atoms with van der Waals surface area (Å²) in [5.41, 5.74) is 6.26. The van der Waals surface area contributed by atoms with Gasteiger partial charge in [-0.15, -0.1) is 0 Å². The molecule has 0 fully saturated rings. The Hall–Kier alpha value is -3.16. The summed E-state index contributed by atoms with van der Waals surface area (Å²) in [5.74, 6) is -0.0433. The zero-order chi connectivity index (χ0) is 23.7. The quantitative estimate of drug-likeness (QED) is 0.555. The smallest absolute Gasteiger partial charge is 0.319 e. The van der Waals surface area contributed by atoms with Gasteiger partial charge in [-0.05, 0) is 78.4 Å². The summed E-state index contributed by atoms with van der Waals surface area (Å²) in [6, 6.07) is 20.2. The predicted octanol–water partition coefficient (Wildman–Crippen LogP) is 4.81. The van der Waals surface area contributed by atoms with E-state index in [-0.39, 0.29) is 22.7 Å². The zero-order valence-corrected chi connectivity index (χ0v) is 20.1. The molecular formula is C27H29N3O3S. The second-order valence-electron chi connectivity index (χ2n) is 9.30. The highest BCUT2D eigenvalue weighted by Crippen LogP contribution is 2.29. The molecule has 2 amide bonds. The third-order valence-corrected chi connectivity index (χ3v) is 8.36. The first-order valence-electron chi connectivity index (χ1n) is 11.6. The van der Waals surface area contributed by atoms with E-state index < -0.39 is 9.84 Å². The molecule has 2 aliphatic rings. The summed E-state index contributed by atoms with van der Waals surface area (Å²) in [6.07, 6.45) is 2.98. The molecule has 1 aliphatic carbocycles. The zero-order valence-electron chi connectivity index (χ0n) is 19.3. The van der Waals surface area contributed by atoms with E-state index in [0.717, 1.165) is 37.9 Å². The molecule has 34 heavy (non-hydrogen) atoms. The van der Waals surface area contributed by atoms with Crippen LogP contribution in [0.3, 0.4) is 0 Å². The van der Waals surface area contributed by atoms with Crippen LogP contribution in [0, 0.1) is 0 Å². The van der Waals surface area contributed by atoms with Crippen LogP contribution in [-0.2, 0) is 35.1 Å². The predicted molar refractivity (Wildman–Crippen MR) is 133 cm³/mol. The lowest BCUT2D eigenvalue weighted by Gasteiger charge is -2.26. The van der Waals surface area contributed by atoms with E-state index in [1.807, 2.05) is 30.3 Å². The van der Waals surface area contributed by atoms with Gasteiger partial charge in [0.1, 0.15) is 0 Å². The number of urea groups is 1. The highest BCUT2D eigenvalue weighted by molar-refractivity contribution is 7.90. The maximum Gasteiger partial charge on any atom is 0.319 e. The Kier molecular flexibility index (Phi) is 6.15. The highest BCUT2D eigenvalue weighted by atomic mass is 32.2. The molecule has 3 aromatic carbocycles. The molecule has 1 aliphatic heterocycles. The number of carbonyl (C=O) groups is 1. The van der Waals surface area contributed by atoms with Crippen molar-refractivity contribution in [2.24, 2.45) is 0 Å². The first-order valence-corrected chi connectivity index (χ1v) is 13.3. The van der Waals surface area contributed by atoms with Crippen LogP contribution in [0.1, 0.15) is 46.7 Å². The van der Waals surface area contributed by atoms with E-state index in [2.05, 4.69) is 34.7 Å². The molecule has 0 bridgehead atoms. The maximum absolute atomic E-state index is 13.0. The largest absolute Gasteiger partial charge is 0.331 e. The fraction of sp³-hybridized carbons (Fsp3) is 0.296. The molecule has 0 radical (unpaired) electrons. The molecule has 0 saturated carbocycles. The number of aryl methyl sites for hydroxylation is 1. The van der Waals surface area contributed by atoms with Crippen LogP contribution >= 0.6 is 0 Å². The van der Waals surface area contributed by atoms with Crippen molar-refractivity contribution >= 4 is 21.6 Å². The Morgan fingerprint density at radius 3 is 2.56 bits per heavy atom. The third kappa shape index (κ3) is 4.86. The number of hydrogen-bond acceptors (Lipinski definition) is 4. The number of anilines is 1. The molecule has 176 valence electrons. The number of nitrogens with one attached hydrogen (secondary N) is 2. The lowest BCUT2D eigenvalue weighted by Crippen LogP contribution is -2.34. The molecule has 0 aromatic heterocycles. The second-order valence-corrected chi connectivity index (χ2v) is 11.3. The van der Waals surface area contributed by atoms with Gasteiger partial charge in [0.25, 0.3) is 0 Å². The fourth-order valence-electron chi connectivity index (χ4n) is 4.99. The Morgan fingerprint density at radius 2 is 1.74 bits per heavy atom. The molecular weight excluding hydrogens is 446 g/mol. The Labute approximate surface area is 200 Å². The third-order valence-electron chi connectivity index (χ3n) is 6.65. The lowest BCUT2D eigenvalue weighted by atomic mass is 9.88. The van der Waals surface area contributed by atoms with E-state index in [9.17, 15) is 13.2 Å². The van der Waals surface area contributed by atoms with Crippen LogP contribution in [0.4, 0.5) is 10.5 Å². The van der Waals surface area contributed by atoms with Crippen LogP contribution in [0.15, 0.2) is 71.6 Å². The van der Waals surface area contributed by atoms with Gasteiger partial charge in [-0.2, -0.15) is 0 Å². The molecule has 1 unspecified atom stereocenters. The number of rotatable bonds is 5. The molecule has 2 N–H and O–H groups in total. The number of benzene rings is 3. The average Bonchev–Trinajstić information content (AvgIpc) is 3.18. The lowest BCUT2D eigenvalue weighted by molar-refractivity contribution is 0.247. The minimum absolute atomic E-state index is 0.0169. The monoisotopic (exact) mass is 475 g/mol. The van der Waals surface area contributed by atoms with Gasteiger partial charge in [0, 0.05) is 18.8 Å². The molecule has 0 spiro atoms. The highest BCUT2D eigenvalue weighted by Gasteiger charge is 2.22. The van der Waals surface area contributed by atoms with Crippen molar-refractivity contribution in [1.29, 1.82) is 0 Å². The molecule has 7 heteroatoms. The minimum Gasteiger partial charge on any atom is -0.331 e. The second kappa shape index (κ2) is 9.24. The van der Waals surface area contributed by atoms with Crippen LogP contribution < -0.4 is 10.6 Å². The molecule has 5 rings (SSSR count). The first kappa shape index (κ1) is 22.6. The number of nitrogens with zero attached hydrogens (tertiary/aromatic N) is 1. The summed E-state index contributed by atoms with van der Waals surface area (Å²) < 4.78 is 25.9. The summed E-state index contributed by atoms with van der Waals surface area (Å²) >= 11 is 0. The SMILES string of the molecule is CN1Cc2ccc(CS(=O)(=O)c3ccc(NC(=O)NC4CCCc5ccccc54)cc3)cc2C1. The van der Waals surface area contributed by atoms with Crippen LogP contribution in [0.5, 0.6) is 0 Å². The summed E-state index contributed by atoms with van der Waals surface area (Å²) in [6.45, 7) is 1.75. The van der Waals surface area contributed by atoms with Gasteiger partial charge in [0.2, 0.25) is 0 Å². The van der Waals surface area contributed by atoms with Crippen molar-refractivity contribution in [2.45, 2.75) is 49.0 Å². The van der Waals surface area contributed by atoms with Gasteiger partial charge in [0.05, 0.1) is 16.7 Å². The van der Waals surface area contributed by atoms with Crippen molar-refractivity contribution in [3.63, 3.8) is 0 Å². The molecule has 0 saturated heterocycles. The van der Waals surface area contributed by atoms with Crippen molar-refractivity contribution in [2.75, 3.05) is 12.4 Å². The number of fused-ring (bicyclic) bond motifs is 2. The van der Waals surface area contributed by atoms with Crippen molar-refractivity contribution < 1.29 is 13.2 Å². The van der Waals surface area contributed by atoms with Gasteiger partial charge in [-0.3, -0.25) is 4.90 Å². The van der Waals surface area contributed by atoms with Gasteiger partial charge in [-0.25, -0.2) is 13.2 Å². The van der Waals surface area contributed by atoms with E-state index >= 15 is 0 Å². The maximum atomic E-state index is 13.0. The topological polar surface area (TPSA) is 78.5 Å². The Morgan fingerprint density at radius 1 is 0.971 bits per heavy atom. The Balaban J connectivity index is 1.22. The summed E-state index contributed by atoms with van der Waals surface area (Å²) in [7, 11) is -1.43. The van der Waals surface area contributed by atoms with Crippen LogP contribution in [0.25, 0.3) is 0 Å². The Bertz CT molecular complexity index is 1320. The first-order chi connectivity index (χ1) is 16.4. The van der Waals surface area contributed by atoms with E-state index in [1.54, 1.807) is 24.3 Å². The molecule has 3 aromatic rings. The van der Waals surface area contributed by atoms with Crippen molar-refractivity contribution in [1.82, 2.24) is 10.2 Å². The molecule has 6 nitrogen and oxygen atoms in total. The molecule has 1 atom stereocenters. The van der Waals surface area contributed by atoms with Gasteiger partial charge < -0.3 is 10.6 Å². The fourth-order valence-corrected chi connectivity index (χ4v) is 6.32. The van der Waals surface area contributed by atoms with E-state index in [0.29, 0.717) is 5.69 Å². The van der Waals surface area contributed by atoms with Gasteiger partial charge in [0.15, 0.2) is 9.84 Å². The van der Waals surface area contributed by atoms with Crippen LogP contribution in [-0.4, -0.2) is 26.4 Å². The van der Waals surface area contributed by atoms with Crippen LogP contribution in [0.2, 0.25) is 0 Å². The van der Waals surface area contributed by atoms with E-state index in [1.165, 1.54) is 22.3 Å². The summed E-state index contributed by atoms with van der Waals surface area (Å²) in [5, 5.41) is 5.88. The number of hydrogen-bond donors (Lipinski definition) is 2. The number of amides is 2. The number of sulfone groups is 1. The van der Waals surface area contributed by atoms with Crippen molar-refractivity contribution in [3.05, 3.63) is 94.5 Å². The standard InChI is InChI=1S/C27H29N3O3S/c1-30-16-21-10-9-19(15-22(21)17-30)18-34(32,33)24-13-11-23(12-14-24)28-27(31)29-26-8-4-6-20-5-2-3-7-25(20)26/h2-3,5,7,9-15,26H,4,6,8,16-18H2,1H3,(H2,28,29,31). The summed E-state index contributed by atoms with van der Waals surface area (Å²) in [4.78, 5) is 15.0. The van der Waals surface area contributed by atoms with E-state index in [4.69, 9.17) is 0 Å². The normalized spacial score (nSPS) is 17.6. The van der Waals surface area contributed by atoms with Gasteiger partial charge >= 0.3 is 6.03 Å². The molecule has 1 heterocycles. The minimum atomic E-state index is -3.49.